The highest BCUT2D eigenvalue weighted by Gasteiger charge is 2.39. The first kappa shape index (κ1) is 9.05. The van der Waals surface area contributed by atoms with Crippen molar-refractivity contribution in [3.8, 4) is 0 Å². The van der Waals surface area contributed by atoms with Crippen LogP contribution in [0, 0.1) is 17.8 Å². The topological polar surface area (TPSA) is 26.0 Å². The number of hydrogen-bond acceptors (Lipinski definition) is 1. The molecule has 1 rings (SSSR count). The Balaban J connectivity index is 2.17. The molecular weight excluding hydrogens is 134 g/mol. The van der Waals surface area contributed by atoms with Crippen molar-refractivity contribution < 1.29 is 0 Å². The second-order valence-corrected chi connectivity index (χ2v) is 4.26. The van der Waals surface area contributed by atoms with Crippen LogP contribution in [0.3, 0.4) is 0 Å². The molecule has 66 valence electrons. The highest BCUT2D eigenvalue weighted by atomic mass is 14.6. The molecule has 0 saturated heterocycles. The van der Waals surface area contributed by atoms with Crippen LogP contribution in [0.1, 0.15) is 40.0 Å². The Morgan fingerprint density at radius 3 is 2.45 bits per heavy atom. The van der Waals surface area contributed by atoms with Crippen LogP contribution in [0.15, 0.2) is 0 Å². The SMILES string of the molecule is CCC1CC1C(C)CC(C)N. The average Bonchev–Trinajstić information content (AvgIpc) is 2.63. The van der Waals surface area contributed by atoms with E-state index < -0.39 is 0 Å². The van der Waals surface area contributed by atoms with E-state index in [2.05, 4.69) is 20.8 Å². The van der Waals surface area contributed by atoms with Crippen molar-refractivity contribution in [2.45, 2.75) is 46.1 Å². The molecule has 11 heavy (non-hydrogen) atoms. The maximum Gasteiger partial charge on any atom is 0.00131 e. The number of rotatable bonds is 4. The van der Waals surface area contributed by atoms with Gasteiger partial charge in [-0.2, -0.15) is 0 Å². The van der Waals surface area contributed by atoms with Crippen LogP contribution in [-0.2, 0) is 0 Å². The van der Waals surface area contributed by atoms with Crippen molar-refractivity contribution in [2.24, 2.45) is 23.5 Å². The highest BCUT2D eigenvalue weighted by Crippen LogP contribution is 2.47. The summed E-state index contributed by atoms with van der Waals surface area (Å²) in [7, 11) is 0. The monoisotopic (exact) mass is 155 g/mol. The van der Waals surface area contributed by atoms with E-state index in [0.29, 0.717) is 6.04 Å². The van der Waals surface area contributed by atoms with Crippen LogP contribution in [0.5, 0.6) is 0 Å². The molecule has 4 unspecified atom stereocenters. The van der Waals surface area contributed by atoms with E-state index in [1.807, 2.05) is 0 Å². The lowest BCUT2D eigenvalue weighted by Gasteiger charge is -2.13. The van der Waals surface area contributed by atoms with Gasteiger partial charge in [0.1, 0.15) is 0 Å². The molecule has 0 aromatic carbocycles. The Morgan fingerprint density at radius 2 is 2.09 bits per heavy atom. The van der Waals surface area contributed by atoms with Gasteiger partial charge in [0.2, 0.25) is 0 Å². The van der Waals surface area contributed by atoms with Crippen molar-refractivity contribution in [1.29, 1.82) is 0 Å². The summed E-state index contributed by atoms with van der Waals surface area (Å²) >= 11 is 0. The van der Waals surface area contributed by atoms with Gasteiger partial charge in [-0.15, -0.1) is 0 Å². The Kier molecular flexibility index (Phi) is 2.94. The zero-order chi connectivity index (χ0) is 8.43. The summed E-state index contributed by atoms with van der Waals surface area (Å²) in [5.74, 6) is 2.90. The smallest absolute Gasteiger partial charge is 0.00131 e. The van der Waals surface area contributed by atoms with Crippen LogP contribution >= 0.6 is 0 Å². The molecule has 1 aliphatic carbocycles. The largest absolute Gasteiger partial charge is 0.328 e. The van der Waals surface area contributed by atoms with Gasteiger partial charge >= 0.3 is 0 Å². The molecule has 1 nitrogen and oxygen atoms in total. The third-order valence-electron chi connectivity index (χ3n) is 2.98. The van der Waals surface area contributed by atoms with Gasteiger partial charge in [0, 0.05) is 6.04 Å². The Labute approximate surface area is 70.4 Å². The van der Waals surface area contributed by atoms with E-state index in [-0.39, 0.29) is 0 Å². The van der Waals surface area contributed by atoms with E-state index in [1.54, 1.807) is 0 Å². The minimum atomic E-state index is 0.392. The summed E-state index contributed by atoms with van der Waals surface area (Å²) in [5.41, 5.74) is 5.75. The molecule has 1 aliphatic rings. The fourth-order valence-electron chi connectivity index (χ4n) is 2.20. The summed E-state index contributed by atoms with van der Waals surface area (Å²) in [6, 6.07) is 0.392. The molecule has 1 heteroatoms. The third kappa shape index (κ3) is 2.48. The van der Waals surface area contributed by atoms with E-state index in [4.69, 9.17) is 5.73 Å². The molecular formula is C10H21N. The molecule has 2 N–H and O–H groups in total. The maximum atomic E-state index is 5.75. The van der Waals surface area contributed by atoms with Gasteiger partial charge in [0.05, 0.1) is 0 Å². The molecule has 0 amide bonds. The Bertz CT molecular complexity index is 120. The molecule has 4 atom stereocenters. The first-order chi connectivity index (χ1) is 5.15. The van der Waals surface area contributed by atoms with E-state index in [0.717, 1.165) is 17.8 Å². The summed E-state index contributed by atoms with van der Waals surface area (Å²) in [5, 5.41) is 0. The van der Waals surface area contributed by atoms with Crippen LogP contribution in [-0.4, -0.2) is 6.04 Å². The van der Waals surface area contributed by atoms with Crippen LogP contribution in [0.2, 0.25) is 0 Å². The lowest BCUT2D eigenvalue weighted by molar-refractivity contribution is 0.409. The fraction of sp³-hybridized carbons (Fsp3) is 1.00. The average molecular weight is 155 g/mol. The normalized spacial score (nSPS) is 34.9. The lowest BCUT2D eigenvalue weighted by atomic mass is 9.96. The molecule has 0 bridgehead atoms. The zero-order valence-electron chi connectivity index (χ0n) is 8.01. The molecule has 0 heterocycles. The van der Waals surface area contributed by atoms with E-state index >= 15 is 0 Å². The van der Waals surface area contributed by atoms with Crippen molar-refractivity contribution in [2.75, 3.05) is 0 Å². The van der Waals surface area contributed by atoms with Crippen LogP contribution in [0.25, 0.3) is 0 Å². The third-order valence-corrected chi connectivity index (χ3v) is 2.98. The van der Waals surface area contributed by atoms with Gasteiger partial charge in [0.15, 0.2) is 0 Å². The molecule has 0 aromatic rings. The second kappa shape index (κ2) is 3.57. The lowest BCUT2D eigenvalue weighted by Crippen LogP contribution is -2.19. The highest BCUT2D eigenvalue weighted by molar-refractivity contribution is 4.89. The minimum absolute atomic E-state index is 0.392. The van der Waals surface area contributed by atoms with Gasteiger partial charge in [-0.3, -0.25) is 0 Å². The van der Waals surface area contributed by atoms with Gasteiger partial charge < -0.3 is 5.73 Å². The molecule has 1 fully saturated rings. The van der Waals surface area contributed by atoms with Gasteiger partial charge in [-0.1, -0.05) is 20.3 Å². The van der Waals surface area contributed by atoms with Crippen molar-refractivity contribution in [3.63, 3.8) is 0 Å². The van der Waals surface area contributed by atoms with Crippen molar-refractivity contribution in [1.82, 2.24) is 0 Å². The van der Waals surface area contributed by atoms with E-state index in [9.17, 15) is 0 Å². The van der Waals surface area contributed by atoms with E-state index in [1.165, 1.54) is 19.3 Å². The fourth-order valence-corrected chi connectivity index (χ4v) is 2.20. The van der Waals surface area contributed by atoms with Gasteiger partial charge in [-0.05, 0) is 37.5 Å². The summed E-state index contributed by atoms with van der Waals surface area (Å²) < 4.78 is 0. The summed E-state index contributed by atoms with van der Waals surface area (Å²) in [6.07, 6.45) is 4.04. The van der Waals surface area contributed by atoms with Gasteiger partial charge in [-0.25, -0.2) is 0 Å². The first-order valence-electron chi connectivity index (χ1n) is 4.90. The zero-order valence-corrected chi connectivity index (χ0v) is 8.01. The minimum Gasteiger partial charge on any atom is -0.328 e. The number of nitrogens with two attached hydrogens (primary N) is 1. The number of hydrogen-bond donors (Lipinski definition) is 1. The van der Waals surface area contributed by atoms with Crippen LogP contribution in [0.4, 0.5) is 0 Å². The Morgan fingerprint density at radius 1 is 1.45 bits per heavy atom. The van der Waals surface area contributed by atoms with Gasteiger partial charge in [0.25, 0.3) is 0 Å². The van der Waals surface area contributed by atoms with Crippen molar-refractivity contribution >= 4 is 0 Å². The molecule has 0 radical (unpaired) electrons. The standard InChI is InChI=1S/C10H21N/c1-4-9-6-10(9)7(2)5-8(3)11/h7-10H,4-6,11H2,1-3H3. The Hall–Kier alpha value is -0.0400. The first-order valence-corrected chi connectivity index (χ1v) is 4.90. The molecule has 0 aromatic heterocycles. The second-order valence-electron chi connectivity index (χ2n) is 4.26. The quantitative estimate of drug-likeness (QED) is 0.663. The van der Waals surface area contributed by atoms with Crippen LogP contribution < -0.4 is 5.73 Å². The molecule has 0 spiro atoms. The molecule has 1 saturated carbocycles. The summed E-state index contributed by atoms with van der Waals surface area (Å²) in [6.45, 7) is 6.76. The molecule has 0 aliphatic heterocycles. The van der Waals surface area contributed by atoms with Crippen molar-refractivity contribution in [3.05, 3.63) is 0 Å². The summed E-state index contributed by atoms with van der Waals surface area (Å²) in [4.78, 5) is 0. The predicted molar refractivity (Wildman–Crippen MR) is 49.3 cm³/mol. The maximum absolute atomic E-state index is 5.75. The predicted octanol–water partition coefficient (Wildman–Crippen LogP) is 2.41.